The zero-order chi connectivity index (χ0) is 6.69. The molecule has 0 unspecified atom stereocenters. The van der Waals surface area contributed by atoms with E-state index >= 15 is 0 Å². The summed E-state index contributed by atoms with van der Waals surface area (Å²) >= 11 is 0. The minimum atomic E-state index is -0.729. The highest BCUT2D eigenvalue weighted by atomic mass is 19.1. The molecule has 2 nitrogen and oxygen atoms in total. The number of nitrogens with zero attached hydrogens (tertiary/aromatic N) is 1. The number of aromatic nitrogens is 1. The molecule has 1 aromatic rings. The summed E-state index contributed by atoms with van der Waals surface area (Å²) in [5.41, 5.74) is 0.123. The van der Waals surface area contributed by atoms with Gasteiger partial charge < -0.3 is 0 Å². The van der Waals surface area contributed by atoms with E-state index < -0.39 is 12.6 Å². The molecule has 1 heterocycles. The zero-order valence-electron chi connectivity index (χ0n) is 4.67. The Kier molecular flexibility index (Phi) is 1.63. The van der Waals surface area contributed by atoms with Crippen molar-refractivity contribution in [3.05, 3.63) is 23.9 Å². The number of halogens is 1. The summed E-state index contributed by atoms with van der Waals surface area (Å²) in [6, 6.07) is 2.96. The summed E-state index contributed by atoms with van der Waals surface area (Å²) in [5.74, 6) is -0.472. The van der Waals surface area contributed by atoms with Crippen molar-refractivity contribution in [1.29, 1.82) is 0 Å². The Balaban J connectivity index is 3.01. The Labute approximate surface area is 52.0 Å². The molecule has 0 saturated heterocycles. The van der Waals surface area contributed by atoms with Crippen LogP contribution < -0.4 is 0 Å². The van der Waals surface area contributed by atoms with Crippen molar-refractivity contribution in [2.45, 2.75) is 6.67 Å². The van der Waals surface area contributed by atoms with E-state index in [9.17, 15) is 9.50 Å². The topological polar surface area (TPSA) is 32.8 Å². The maximum absolute atomic E-state index is 11.7. The fourth-order valence-corrected chi connectivity index (χ4v) is 0.526. The monoisotopic (exact) mass is 126 g/mol. The van der Waals surface area contributed by atoms with Crippen LogP contribution in [-0.2, 0) is 11.8 Å². The van der Waals surface area contributed by atoms with Crippen molar-refractivity contribution in [3.8, 4) is 5.88 Å². The quantitative estimate of drug-likeness (QED) is 0.563. The second-order valence-electron chi connectivity index (χ2n) is 1.60. The lowest BCUT2D eigenvalue weighted by molar-refractivity contribution is 0.323. The Morgan fingerprint density at radius 3 is 2.89 bits per heavy atom. The second kappa shape index (κ2) is 2.44. The molecule has 0 N–H and O–H groups in total. The minimum Gasteiger partial charge on any atom is -0.267 e. The van der Waals surface area contributed by atoms with Gasteiger partial charge in [-0.2, -0.15) is 0 Å². The molecule has 0 fully saturated rings. The van der Waals surface area contributed by atoms with Crippen molar-refractivity contribution in [2.24, 2.45) is 0 Å². The Hall–Kier alpha value is -1.12. The predicted octanol–water partition coefficient (Wildman–Crippen LogP) is 1.69. The van der Waals surface area contributed by atoms with E-state index in [4.69, 9.17) is 0 Å². The highest BCUT2D eigenvalue weighted by Crippen LogP contribution is 2.12. The van der Waals surface area contributed by atoms with Gasteiger partial charge >= 0.3 is 0 Å². The van der Waals surface area contributed by atoms with Gasteiger partial charge in [-0.3, -0.25) is 5.11 Å². The first kappa shape index (κ1) is 6.01. The maximum atomic E-state index is 11.7. The van der Waals surface area contributed by atoms with Crippen LogP contribution in [0.2, 0.25) is 0 Å². The summed E-state index contributed by atoms with van der Waals surface area (Å²) in [7, 11) is 0. The lowest BCUT2D eigenvalue weighted by Crippen LogP contribution is -1.79. The van der Waals surface area contributed by atoms with Crippen molar-refractivity contribution < 1.29 is 9.50 Å². The van der Waals surface area contributed by atoms with Crippen LogP contribution in [0.3, 0.4) is 0 Å². The van der Waals surface area contributed by atoms with Crippen LogP contribution in [0.1, 0.15) is 5.56 Å². The van der Waals surface area contributed by atoms with E-state index in [2.05, 4.69) is 4.98 Å². The van der Waals surface area contributed by atoms with Crippen LogP contribution in [0.25, 0.3) is 0 Å². The SMILES string of the molecule is [O]c1ncccc1CF. The van der Waals surface area contributed by atoms with Crippen LogP contribution >= 0.6 is 0 Å². The second-order valence-corrected chi connectivity index (χ2v) is 1.60. The van der Waals surface area contributed by atoms with E-state index in [0.717, 1.165) is 0 Å². The molecule has 0 aromatic carbocycles. The number of rotatable bonds is 1. The molecule has 0 atom stereocenters. The molecule has 0 spiro atoms. The number of hydrogen-bond donors (Lipinski definition) is 0. The molecule has 47 valence electrons. The Morgan fingerprint density at radius 2 is 2.44 bits per heavy atom. The van der Waals surface area contributed by atoms with Gasteiger partial charge in [0.1, 0.15) is 6.67 Å². The third-order valence-electron chi connectivity index (χ3n) is 0.994. The average molecular weight is 126 g/mol. The molecule has 1 radical (unpaired) electrons. The molecule has 0 bridgehead atoms. The summed E-state index contributed by atoms with van der Waals surface area (Å²) in [6.45, 7) is -0.729. The van der Waals surface area contributed by atoms with Gasteiger partial charge in [-0.25, -0.2) is 9.37 Å². The van der Waals surface area contributed by atoms with Crippen molar-refractivity contribution in [2.75, 3.05) is 0 Å². The standard InChI is InChI=1S/C6H5FNO/c7-4-5-2-1-3-8-6(5)9/h1-3H,4H2. The Morgan fingerprint density at radius 1 is 1.67 bits per heavy atom. The minimum absolute atomic E-state index is 0.123. The molecule has 0 aliphatic heterocycles. The van der Waals surface area contributed by atoms with Crippen LogP contribution in [0.15, 0.2) is 18.3 Å². The smallest absolute Gasteiger partial charge is 0.267 e. The van der Waals surface area contributed by atoms with Crippen LogP contribution in [0.4, 0.5) is 4.39 Å². The summed E-state index contributed by atoms with van der Waals surface area (Å²) in [4.78, 5) is 3.35. The van der Waals surface area contributed by atoms with E-state index in [1.54, 1.807) is 0 Å². The van der Waals surface area contributed by atoms with E-state index in [-0.39, 0.29) is 5.56 Å². The highest BCUT2D eigenvalue weighted by molar-refractivity contribution is 5.22. The first-order chi connectivity index (χ1) is 4.34. The van der Waals surface area contributed by atoms with E-state index in [1.165, 1.54) is 18.3 Å². The fraction of sp³-hybridized carbons (Fsp3) is 0.167. The molecule has 3 heteroatoms. The van der Waals surface area contributed by atoms with Crippen LogP contribution in [-0.4, -0.2) is 4.98 Å². The third kappa shape index (κ3) is 1.16. The molecule has 1 aromatic heterocycles. The fourth-order valence-electron chi connectivity index (χ4n) is 0.526. The summed E-state index contributed by atoms with van der Waals surface area (Å²) in [5, 5.41) is 10.5. The largest absolute Gasteiger partial charge is 0.275 e. The van der Waals surface area contributed by atoms with Crippen molar-refractivity contribution in [3.63, 3.8) is 0 Å². The first-order valence-corrected chi connectivity index (χ1v) is 2.51. The molecular weight excluding hydrogens is 121 g/mol. The molecule has 0 saturated carbocycles. The summed E-state index contributed by atoms with van der Waals surface area (Å²) in [6.07, 6.45) is 1.35. The molecular formula is C6H5FNO. The van der Waals surface area contributed by atoms with Crippen LogP contribution in [0.5, 0.6) is 5.88 Å². The number of alkyl halides is 1. The van der Waals surface area contributed by atoms with Gasteiger partial charge in [-0.15, -0.1) is 0 Å². The molecule has 0 aliphatic carbocycles. The van der Waals surface area contributed by atoms with Gasteiger partial charge in [0.15, 0.2) is 0 Å². The van der Waals surface area contributed by atoms with Gasteiger partial charge in [0, 0.05) is 6.20 Å². The Bertz CT molecular complexity index is 202. The van der Waals surface area contributed by atoms with Crippen molar-refractivity contribution in [1.82, 2.24) is 4.98 Å². The van der Waals surface area contributed by atoms with E-state index in [1.807, 2.05) is 0 Å². The van der Waals surface area contributed by atoms with Gasteiger partial charge in [0.25, 0.3) is 5.88 Å². The van der Waals surface area contributed by atoms with Gasteiger partial charge in [-0.05, 0) is 12.1 Å². The average Bonchev–Trinajstić information content (AvgIpc) is 1.89. The van der Waals surface area contributed by atoms with Gasteiger partial charge in [-0.1, -0.05) is 0 Å². The molecule has 9 heavy (non-hydrogen) atoms. The molecule has 0 aliphatic rings. The lowest BCUT2D eigenvalue weighted by Gasteiger charge is -1.90. The number of hydrogen-bond acceptors (Lipinski definition) is 1. The zero-order valence-corrected chi connectivity index (χ0v) is 4.67. The normalized spacial score (nSPS) is 9.44. The van der Waals surface area contributed by atoms with Gasteiger partial charge in [0.05, 0.1) is 5.56 Å². The molecule has 0 amide bonds. The number of pyridine rings is 1. The van der Waals surface area contributed by atoms with E-state index in [0.29, 0.717) is 0 Å². The highest BCUT2D eigenvalue weighted by Gasteiger charge is 1.99. The van der Waals surface area contributed by atoms with Gasteiger partial charge in [0.2, 0.25) is 0 Å². The summed E-state index contributed by atoms with van der Waals surface area (Å²) < 4.78 is 11.7. The van der Waals surface area contributed by atoms with Crippen molar-refractivity contribution >= 4 is 0 Å². The third-order valence-corrected chi connectivity index (χ3v) is 0.994. The first-order valence-electron chi connectivity index (χ1n) is 2.51. The predicted molar refractivity (Wildman–Crippen MR) is 29.2 cm³/mol. The molecule has 1 rings (SSSR count). The lowest BCUT2D eigenvalue weighted by atomic mass is 10.3. The maximum Gasteiger partial charge on any atom is 0.275 e. The van der Waals surface area contributed by atoms with Crippen LogP contribution in [0, 0.1) is 0 Å².